The number of aromatic nitrogens is 2. The van der Waals surface area contributed by atoms with E-state index in [1.165, 1.54) is 11.1 Å². The molecule has 0 saturated heterocycles. The predicted octanol–water partition coefficient (Wildman–Crippen LogP) is 5.48. The number of aryl methyl sites for hydroxylation is 3. The van der Waals surface area contributed by atoms with Crippen molar-refractivity contribution in [2.45, 2.75) is 34.2 Å². The zero-order valence-corrected chi connectivity index (χ0v) is 15.3. The molecule has 24 heavy (non-hydrogen) atoms. The Morgan fingerprint density at radius 1 is 1.25 bits per heavy atom. The summed E-state index contributed by atoms with van der Waals surface area (Å²) in [6.45, 7) is 12.9. The first kappa shape index (κ1) is 16.6. The molecule has 2 aromatic heterocycles. The average molecular weight is 340 g/mol. The Bertz CT molecular complexity index is 938. The average Bonchev–Trinajstić information content (AvgIpc) is 2.86. The summed E-state index contributed by atoms with van der Waals surface area (Å²) in [4.78, 5) is 4.70. The Morgan fingerprint density at radius 2 is 2.00 bits per heavy atom. The molecule has 0 radical (unpaired) electrons. The molecule has 0 aliphatic rings. The highest BCUT2D eigenvalue weighted by atomic mass is 35.5. The third-order valence-electron chi connectivity index (χ3n) is 4.67. The summed E-state index contributed by atoms with van der Waals surface area (Å²) >= 11 is 6.28. The number of benzene rings is 1. The van der Waals surface area contributed by atoms with Gasteiger partial charge in [0.25, 0.3) is 0 Å². The standard InChI is InChI=1S/C20H22ClN3/c1-6-16-9-19(20-23-14(4)15(5)24(20)11-16)22-10-17-12(2)7-8-18(21)13(17)3/h6-9,11,22H,1,10H2,2-5H3. The van der Waals surface area contributed by atoms with Gasteiger partial charge in [0.05, 0.1) is 11.4 Å². The molecule has 3 aromatic rings. The van der Waals surface area contributed by atoms with Crippen LogP contribution in [0.25, 0.3) is 11.7 Å². The maximum atomic E-state index is 6.28. The first-order chi connectivity index (χ1) is 11.4. The van der Waals surface area contributed by atoms with Gasteiger partial charge < -0.3 is 9.72 Å². The van der Waals surface area contributed by atoms with Crippen LogP contribution in [-0.4, -0.2) is 9.38 Å². The normalized spacial score (nSPS) is 11.0. The monoisotopic (exact) mass is 339 g/mol. The summed E-state index contributed by atoms with van der Waals surface area (Å²) in [6, 6.07) is 6.10. The molecule has 2 heterocycles. The molecule has 0 saturated carbocycles. The van der Waals surface area contributed by atoms with Crippen LogP contribution < -0.4 is 5.32 Å². The fraction of sp³-hybridized carbons (Fsp3) is 0.250. The Morgan fingerprint density at radius 3 is 2.71 bits per heavy atom. The van der Waals surface area contributed by atoms with E-state index in [0.29, 0.717) is 6.54 Å². The molecule has 0 aliphatic carbocycles. The van der Waals surface area contributed by atoms with Crippen molar-refractivity contribution in [3.8, 4) is 0 Å². The van der Waals surface area contributed by atoms with Gasteiger partial charge in [-0.25, -0.2) is 4.98 Å². The number of fused-ring (bicyclic) bond motifs is 1. The SMILES string of the molecule is C=Cc1cc(NCc2c(C)ccc(Cl)c2C)c2nc(C)c(C)n2c1. The number of hydrogen-bond acceptors (Lipinski definition) is 2. The van der Waals surface area contributed by atoms with Crippen LogP contribution in [0.2, 0.25) is 5.02 Å². The van der Waals surface area contributed by atoms with E-state index in [0.717, 1.165) is 38.9 Å². The second-order valence-corrected chi connectivity index (χ2v) is 6.60. The van der Waals surface area contributed by atoms with Crippen LogP contribution in [0.4, 0.5) is 5.69 Å². The maximum Gasteiger partial charge on any atom is 0.160 e. The summed E-state index contributed by atoms with van der Waals surface area (Å²) < 4.78 is 2.12. The highest BCUT2D eigenvalue weighted by molar-refractivity contribution is 6.31. The van der Waals surface area contributed by atoms with Crippen molar-refractivity contribution in [2.75, 3.05) is 5.32 Å². The lowest BCUT2D eigenvalue weighted by atomic mass is 10.0. The lowest BCUT2D eigenvalue weighted by molar-refractivity contribution is 1.06. The number of halogens is 1. The lowest BCUT2D eigenvalue weighted by Crippen LogP contribution is -2.06. The van der Waals surface area contributed by atoms with Gasteiger partial charge in [0.1, 0.15) is 0 Å². The van der Waals surface area contributed by atoms with Gasteiger partial charge in [0, 0.05) is 23.5 Å². The Kier molecular flexibility index (Phi) is 4.37. The van der Waals surface area contributed by atoms with Crippen molar-refractivity contribution in [3.63, 3.8) is 0 Å². The van der Waals surface area contributed by atoms with Gasteiger partial charge in [-0.15, -0.1) is 0 Å². The van der Waals surface area contributed by atoms with Crippen molar-refractivity contribution in [2.24, 2.45) is 0 Å². The quantitative estimate of drug-likeness (QED) is 0.682. The zero-order chi connectivity index (χ0) is 17.4. The summed E-state index contributed by atoms with van der Waals surface area (Å²) in [6.07, 6.45) is 3.92. The molecule has 4 heteroatoms. The van der Waals surface area contributed by atoms with E-state index in [1.54, 1.807) is 0 Å². The number of rotatable bonds is 4. The fourth-order valence-corrected chi connectivity index (χ4v) is 3.13. The maximum absolute atomic E-state index is 6.28. The minimum Gasteiger partial charge on any atom is -0.378 e. The minimum absolute atomic E-state index is 0.708. The van der Waals surface area contributed by atoms with Crippen molar-refractivity contribution in [1.29, 1.82) is 0 Å². The molecule has 0 atom stereocenters. The van der Waals surface area contributed by atoms with Gasteiger partial charge in [-0.2, -0.15) is 0 Å². The number of anilines is 1. The molecule has 124 valence electrons. The van der Waals surface area contributed by atoms with Crippen molar-refractivity contribution in [3.05, 3.63) is 69.6 Å². The summed E-state index contributed by atoms with van der Waals surface area (Å²) in [5.74, 6) is 0. The number of imidazole rings is 1. The molecule has 0 aliphatic heterocycles. The van der Waals surface area contributed by atoms with Crippen LogP contribution >= 0.6 is 11.6 Å². The van der Waals surface area contributed by atoms with Crippen LogP contribution in [0, 0.1) is 27.7 Å². The molecule has 3 nitrogen and oxygen atoms in total. The zero-order valence-electron chi connectivity index (χ0n) is 14.6. The second kappa shape index (κ2) is 6.33. The molecular formula is C20H22ClN3. The van der Waals surface area contributed by atoms with Gasteiger partial charge in [0.2, 0.25) is 0 Å². The number of nitrogens with one attached hydrogen (secondary N) is 1. The number of hydrogen-bond donors (Lipinski definition) is 1. The molecule has 0 amide bonds. The van der Waals surface area contributed by atoms with Crippen LogP contribution in [0.3, 0.4) is 0 Å². The smallest absolute Gasteiger partial charge is 0.160 e. The van der Waals surface area contributed by atoms with E-state index in [1.807, 2.05) is 19.1 Å². The number of pyridine rings is 1. The molecule has 1 N–H and O–H groups in total. The second-order valence-electron chi connectivity index (χ2n) is 6.19. The van der Waals surface area contributed by atoms with Crippen molar-refractivity contribution < 1.29 is 0 Å². The number of nitrogens with zero attached hydrogens (tertiary/aromatic N) is 2. The molecule has 0 bridgehead atoms. The van der Waals surface area contributed by atoms with Gasteiger partial charge in [-0.1, -0.05) is 30.3 Å². The van der Waals surface area contributed by atoms with Crippen LogP contribution in [0.15, 0.2) is 31.0 Å². The van der Waals surface area contributed by atoms with E-state index in [2.05, 4.69) is 55.4 Å². The van der Waals surface area contributed by atoms with Crippen molar-refractivity contribution in [1.82, 2.24) is 9.38 Å². The molecule has 0 spiro atoms. The van der Waals surface area contributed by atoms with Crippen LogP contribution in [-0.2, 0) is 6.54 Å². The topological polar surface area (TPSA) is 29.3 Å². The fourth-order valence-electron chi connectivity index (χ4n) is 2.95. The Hall–Kier alpha value is -2.26. The van der Waals surface area contributed by atoms with E-state index >= 15 is 0 Å². The van der Waals surface area contributed by atoms with E-state index in [-0.39, 0.29) is 0 Å². The Balaban J connectivity index is 2.03. The first-order valence-electron chi connectivity index (χ1n) is 8.02. The van der Waals surface area contributed by atoms with Crippen LogP contribution in [0.5, 0.6) is 0 Å². The predicted molar refractivity (Wildman–Crippen MR) is 103 cm³/mol. The van der Waals surface area contributed by atoms with Crippen molar-refractivity contribution >= 4 is 29.0 Å². The molecule has 0 fully saturated rings. The van der Waals surface area contributed by atoms with E-state index in [4.69, 9.17) is 16.6 Å². The van der Waals surface area contributed by atoms with E-state index < -0.39 is 0 Å². The third-order valence-corrected chi connectivity index (χ3v) is 5.08. The summed E-state index contributed by atoms with van der Waals surface area (Å²) in [7, 11) is 0. The molecule has 0 unspecified atom stereocenters. The van der Waals surface area contributed by atoms with Gasteiger partial charge in [-0.05, 0) is 62.1 Å². The lowest BCUT2D eigenvalue weighted by Gasteiger charge is -2.14. The van der Waals surface area contributed by atoms with Gasteiger partial charge in [-0.3, -0.25) is 0 Å². The van der Waals surface area contributed by atoms with Crippen LogP contribution in [0.1, 0.15) is 33.6 Å². The minimum atomic E-state index is 0.708. The van der Waals surface area contributed by atoms with E-state index in [9.17, 15) is 0 Å². The highest BCUT2D eigenvalue weighted by Crippen LogP contribution is 2.26. The summed E-state index contributed by atoms with van der Waals surface area (Å²) in [5, 5.41) is 4.34. The molecular weight excluding hydrogens is 318 g/mol. The third kappa shape index (κ3) is 2.80. The molecule has 1 aromatic carbocycles. The Labute approximate surface area is 148 Å². The van der Waals surface area contributed by atoms with Gasteiger partial charge >= 0.3 is 0 Å². The first-order valence-corrected chi connectivity index (χ1v) is 8.40. The molecule has 3 rings (SSSR count). The van der Waals surface area contributed by atoms with Gasteiger partial charge in [0.15, 0.2) is 5.65 Å². The summed E-state index contributed by atoms with van der Waals surface area (Å²) in [5.41, 5.74) is 8.76. The highest BCUT2D eigenvalue weighted by Gasteiger charge is 2.12. The largest absolute Gasteiger partial charge is 0.378 e.